The molecule has 124 valence electrons. The van der Waals surface area contributed by atoms with Crippen LogP contribution in [0, 0.1) is 12.8 Å². The molecule has 1 fully saturated rings. The van der Waals surface area contributed by atoms with Crippen LogP contribution in [0.1, 0.15) is 82.9 Å². The van der Waals surface area contributed by atoms with Gasteiger partial charge in [0.25, 0.3) is 0 Å². The largest absolute Gasteiger partial charge is 0.489 e. The highest BCUT2D eigenvalue weighted by Crippen LogP contribution is 2.30. The van der Waals surface area contributed by atoms with Crippen LogP contribution in [0.2, 0.25) is 0 Å². The summed E-state index contributed by atoms with van der Waals surface area (Å²) < 4.78 is 6.19. The smallest absolute Gasteiger partial charge is 0.138 e. The molecule has 2 heteroatoms. The summed E-state index contributed by atoms with van der Waals surface area (Å²) in [6.07, 6.45) is 15.1. The van der Waals surface area contributed by atoms with Crippen LogP contribution in [0.5, 0.6) is 5.75 Å². The lowest BCUT2D eigenvalue weighted by Gasteiger charge is -2.29. The molecular formula is C20H33NO. The normalized spacial score (nSPS) is 21.8. The van der Waals surface area contributed by atoms with E-state index in [9.17, 15) is 0 Å². The standard InChI is InChI=1S/C20H33NO/c1-4-6-8-17-10-12-18(13-11-17)22-19-14-16(3)20(21-15-19)9-7-5-2/h14-15,17-18H,4-13H2,1-3H3/t17-,18-. The fourth-order valence-corrected chi connectivity index (χ4v) is 3.47. The Morgan fingerprint density at radius 2 is 1.82 bits per heavy atom. The van der Waals surface area contributed by atoms with Crippen molar-refractivity contribution < 1.29 is 4.74 Å². The summed E-state index contributed by atoms with van der Waals surface area (Å²) in [5.41, 5.74) is 2.51. The minimum absolute atomic E-state index is 0.403. The second-order valence-corrected chi connectivity index (χ2v) is 6.94. The quantitative estimate of drug-likeness (QED) is 0.600. The Bertz CT molecular complexity index is 435. The lowest BCUT2D eigenvalue weighted by atomic mass is 9.84. The average molecular weight is 303 g/mol. The Hall–Kier alpha value is -1.05. The number of pyridine rings is 1. The van der Waals surface area contributed by atoms with Gasteiger partial charge in [0.15, 0.2) is 0 Å². The van der Waals surface area contributed by atoms with E-state index in [1.165, 1.54) is 69.0 Å². The maximum atomic E-state index is 6.19. The van der Waals surface area contributed by atoms with Gasteiger partial charge in [0.2, 0.25) is 0 Å². The van der Waals surface area contributed by atoms with Crippen molar-refractivity contribution in [2.45, 2.75) is 91.1 Å². The molecule has 2 nitrogen and oxygen atoms in total. The molecule has 0 N–H and O–H groups in total. The van der Waals surface area contributed by atoms with Crippen molar-refractivity contribution in [1.82, 2.24) is 4.98 Å². The van der Waals surface area contributed by atoms with E-state index >= 15 is 0 Å². The van der Waals surface area contributed by atoms with Crippen molar-refractivity contribution in [3.05, 3.63) is 23.5 Å². The number of aryl methyl sites for hydroxylation is 2. The second-order valence-electron chi connectivity index (χ2n) is 6.94. The monoisotopic (exact) mass is 303 g/mol. The maximum Gasteiger partial charge on any atom is 0.138 e. The third kappa shape index (κ3) is 5.30. The van der Waals surface area contributed by atoms with Crippen molar-refractivity contribution in [3.63, 3.8) is 0 Å². The van der Waals surface area contributed by atoms with Crippen LogP contribution in [0.25, 0.3) is 0 Å². The highest BCUT2D eigenvalue weighted by molar-refractivity contribution is 5.28. The van der Waals surface area contributed by atoms with Gasteiger partial charge in [0, 0.05) is 5.69 Å². The van der Waals surface area contributed by atoms with Gasteiger partial charge in [-0.3, -0.25) is 4.98 Å². The first-order valence-corrected chi connectivity index (χ1v) is 9.35. The lowest BCUT2D eigenvalue weighted by molar-refractivity contribution is 0.127. The van der Waals surface area contributed by atoms with Crippen LogP contribution in [0.4, 0.5) is 0 Å². The van der Waals surface area contributed by atoms with E-state index in [4.69, 9.17) is 4.74 Å². The van der Waals surface area contributed by atoms with Gasteiger partial charge in [0.05, 0.1) is 12.3 Å². The summed E-state index contributed by atoms with van der Waals surface area (Å²) in [5, 5.41) is 0. The molecule has 0 aliphatic heterocycles. The number of hydrogen-bond donors (Lipinski definition) is 0. The van der Waals surface area contributed by atoms with Crippen molar-refractivity contribution in [2.75, 3.05) is 0 Å². The summed E-state index contributed by atoms with van der Waals surface area (Å²) >= 11 is 0. The molecule has 0 unspecified atom stereocenters. The maximum absolute atomic E-state index is 6.19. The third-order valence-corrected chi connectivity index (χ3v) is 4.99. The Morgan fingerprint density at radius 1 is 1.09 bits per heavy atom. The summed E-state index contributed by atoms with van der Waals surface area (Å²) in [6.45, 7) is 6.67. The van der Waals surface area contributed by atoms with Crippen molar-refractivity contribution >= 4 is 0 Å². The molecule has 0 saturated heterocycles. The molecule has 1 saturated carbocycles. The molecule has 0 atom stereocenters. The van der Waals surface area contributed by atoms with Gasteiger partial charge in [0.1, 0.15) is 5.75 Å². The molecule has 1 aliphatic carbocycles. The predicted octanol–water partition coefficient (Wildman–Crippen LogP) is 5.86. The molecule has 1 aromatic rings. The van der Waals surface area contributed by atoms with Crippen LogP contribution in [0.15, 0.2) is 12.3 Å². The summed E-state index contributed by atoms with van der Waals surface area (Å²) in [4.78, 5) is 4.61. The third-order valence-electron chi connectivity index (χ3n) is 4.99. The summed E-state index contributed by atoms with van der Waals surface area (Å²) in [6, 6.07) is 2.18. The Balaban J connectivity index is 1.80. The fourth-order valence-electron chi connectivity index (χ4n) is 3.47. The van der Waals surface area contributed by atoms with E-state index in [0.717, 1.165) is 18.1 Å². The Morgan fingerprint density at radius 3 is 2.45 bits per heavy atom. The van der Waals surface area contributed by atoms with Gasteiger partial charge in [-0.1, -0.05) is 39.5 Å². The predicted molar refractivity (Wildman–Crippen MR) is 93.5 cm³/mol. The van der Waals surface area contributed by atoms with Crippen LogP contribution >= 0.6 is 0 Å². The molecule has 22 heavy (non-hydrogen) atoms. The zero-order valence-corrected chi connectivity index (χ0v) is 14.7. The Labute approximate surface area is 136 Å². The second kappa shape index (κ2) is 9.17. The number of unbranched alkanes of at least 4 members (excludes halogenated alkanes) is 2. The fraction of sp³-hybridized carbons (Fsp3) is 0.750. The molecule has 1 aromatic heterocycles. The molecule has 0 aromatic carbocycles. The van der Waals surface area contributed by atoms with Crippen LogP contribution < -0.4 is 4.74 Å². The van der Waals surface area contributed by atoms with Crippen molar-refractivity contribution in [2.24, 2.45) is 5.92 Å². The van der Waals surface area contributed by atoms with Gasteiger partial charge in [-0.15, -0.1) is 0 Å². The van der Waals surface area contributed by atoms with E-state index < -0.39 is 0 Å². The molecule has 1 heterocycles. The minimum Gasteiger partial charge on any atom is -0.489 e. The first-order valence-electron chi connectivity index (χ1n) is 9.35. The first-order chi connectivity index (χ1) is 10.7. The molecule has 0 spiro atoms. The molecule has 1 aliphatic rings. The van der Waals surface area contributed by atoms with E-state index in [-0.39, 0.29) is 0 Å². The zero-order chi connectivity index (χ0) is 15.8. The number of ether oxygens (including phenoxy) is 1. The summed E-state index contributed by atoms with van der Waals surface area (Å²) in [7, 11) is 0. The number of aromatic nitrogens is 1. The van der Waals surface area contributed by atoms with E-state index in [1.54, 1.807) is 0 Å². The average Bonchev–Trinajstić information content (AvgIpc) is 2.53. The van der Waals surface area contributed by atoms with Gasteiger partial charge < -0.3 is 4.74 Å². The number of hydrogen-bond acceptors (Lipinski definition) is 2. The van der Waals surface area contributed by atoms with Crippen LogP contribution in [-0.4, -0.2) is 11.1 Å². The molecule has 0 bridgehead atoms. The first kappa shape index (κ1) is 17.3. The molecule has 0 radical (unpaired) electrons. The van der Waals surface area contributed by atoms with Crippen LogP contribution in [-0.2, 0) is 6.42 Å². The van der Waals surface area contributed by atoms with E-state index in [1.807, 2.05) is 6.20 Å². The van der Waals surface area contributed by atoms with Gasteiger partial charge in [-0.05, 0) is 63.0 Å². The molecule has 2 rings (SSSR count). The van der Waals surface area contributed by atoms with Crippen molar-refractivity contribution in [1.29, 1.82) is 0 Å². The Kier molecular flexibility index (Phi) is 7.21. The highest BCUT2D eigenvalue weighted by Gasteiger charge is 2.22. The highest BCUT2D eigenvalue weighted by atomic mass is 16.5. The van der Waals surface area contributed by atoms with E-state index in [2.05, 4.69) is 31.8 Å². The van der Waals surface area contributed by atoms with Crippen molar-refractivity contribution in [3.8, 4) is 5.75 Å². The van der Waals surface area contributed by atoms with Gasteiger partial charge in [-0.2, -0.15) is 0 Å². The zero-order valence-electron chi connectivity index (χ0n) is 14.7. The lowest BCUT2D eigenvalue weighted by Crippen LogP contribution is -2.24. The van der Waals surface area contributed by atoms with E-state index in [0.29, 0.717) is 6.10 Å². The number of nitrogens with zero attached hydrogens (tertiary/aromatic N) is 1. The van der Waals surface area contributed by atoms with Crippen LogP contribution in [0.3, 0.4) is 0 Å². The summed E-state index contributed by atoms with van der Waals surface area (Å²) in [5.74, 6) is 1.91. The number of rotatable bonds is 8. The molecular weight excluding hydrogens is 270 g/mol. The topological polar surface area (TPSA) is 22.1 Å². The SMILES string of the molecule is CCCCc1ncc(O[C@H]2CC[C@H](CCCC)CC2)cc1C. The minimum atomic E-state index is 0.403. The van der Waals surface area contributed by atoms with Gasteiger partial charge >= 0.3 is 0 Å². The molecule has 0 amide bonds. The van der Waals surface area contributed by atoms with Gasteiger partial charge in [-0.25, -0.2) is 0 Å².